The molecular formula is C18H33BN2. The maximum Gasteiger partial charge on any atom is 0.141 e. The molecule has 1 aromatic rings. The van der Waals surface area contributed by atoms with Crippen molar-refractivity contribution in [3.63, 3.8) is 0 Å². The number of para-hydroxylation sites is 1. The van der Waals surface area contributed by atoms with Gasteiger partial charge in [-0.3, -0.25) is 0 Å². The molecule has 0 aliphatic heterocycles. The molecule has 0 aromatic heterocycles. The van der Waals surface area contributed by atoms with E-state index < -0.39 is 0 Å². The van der Waals surface area contributed by atoms with Crippen LogP contribution in [0.25, 0.3) is 0 Å². The van der Waals surface area contributed by atoms with E-state index in [0.29, 0.717) is 11.3 Å². The van der Waals surface area contributed by atoms with Crippen molar-refractivity contribution < 1.29 is 0 Å². The molecule has 2 radical (unpaired) electrons. The molecule has 3 heteroatoms. The summed E-state index contributed by atoms with van der Waals surface area (Å²) in [5, 5.41) is 7.07. The molecule has 0 unspecified atom stereocenters. The number of nitrogen functional groups attached to an aromatic ring is 1. The third kappa shape index (κ3) is 13.5. The van der Waals surface area contributed by atoms with E-state index in [9.17, 15) is 0 Å². The zero-order chi connectivity index (χ0) is 16.5. The van der Waals surface area contributed by atoms with Crippen LogP contribution in [0.1, 0.15) is 78.2 Å². The van der Waals surface area contributed by atoms with Crippen LogP contribution in [0, 0.1) is 5.41 Å². The van der Waals surface area contributed by atoms with Gasteiger partial charge in [0.25, 0.3) is 0 Å². The van der Waals surface area contributed by atoms with Gasteiger partial charge in [0.2, 0.25) is 0 Å². The summed E-state index contributed by atoms with van der Waals surface area (Å²) in [4.78, 5) is 0. The lowest BCUT2D eigenvalue weighted by molar-refractivity contribution is 0.602. The Morgan fingerprint density at radius 1 is 0.952 bits per heavy atom. The highest BCUT2D eigenvalue weighted by Gasteiger charge is 1.96. The third-order valence-corrected chi connectivity index (χ3v) is 2.96. The molecule has 21 heavy (non-hydrogen) atoms. The predicted octanol–water partition coefficient (Wildman–Crippen LogP) is 5.55. The van der Waals surface area contributed by atoms with Gasteiger partial charge in [0.05, 0.1) is 0 Å². The van der Waals surface area contributed by atoms with Gasteiger partial charge in [0.1, 0.15) is 7.85 Å². The van der Waals surface area contributed by atoms with Crippen molar-refractivity contribution in [1.29, 1.82) is 5.41 Å². The first kappa shape index (κ1) is 22.0. The summed E-state index contributed by atoms with van der Waals surface area (Å²) in [6, 6.07) is 7.04. The molecule has 0 amide bonds. The number of hydrogen-bond donors (Lipinski definition) is 2. The minimum Gasteiger partial charge on any atom is -0.398 e. The van der Waals surface area contributed by atoms with Crippen LogP contribution in [-0.2, 0) is 0 Å². The summed E-state index contributed by atoms with van der Waals surface area (Å²) < 4.78 is 0. The predicted molar refractivity (Wildman–Crippen MR) is 98.5 cm³/mol. The van der Waals surface area contributed by atoms with E-state index in [1.807, 2.05) is 19.9 Å². The second-order valence-electron chi connectivity index (χ2n) is 4.77. The van der Waals surface area contributed by atoms with Crippen molar-refractivity contribution in [1.82, 2.24) is 0 Å². The summed E-state index contributed by atoms with van der Waals surface area (Å²) >= 11 is 0. The first-order valence-corrected chi connectivity index (χ1v) is 8.32. The van der Waals surface area contributed by atoms with Gasteiger partial charge < -0.3 is 11.1 Å². The molecule has 0 atom stereocenters. The monoisotopic (exact) mass is 288 g/mol. The summed E-state index contributed by atoms with van der Waals surface area (Å²) in [6.07, 6.45) is 9.97. The van der Waals surface area contributed by atoms with E-state index in [1.165, 1.54) is 44.9 Å². The normalized spacial score (nSPS) is 8.95. The topological polar surface area (TPSA) is 49.9 Å². The molecule has 1 aromatic carbocycles. The second kappa shape index (κ2) is 16.8. The first-order valence-electron chi connectivity index (χ1n) is 8.32. The van der Waals surface area contributed by atoms with Gasteiger partial charge in [-0.1, -0.05) is 90.8 Å². The Morgan fingerprint density at radius 3 is 1.71 bits per heavy atom. The smallest absolute Gasteiger partial charge is 0.141 e. The SMILES string of the molecule is CC.CCCCCCCCC.[B]C(=N)c1ccccc1N. The maximum atomic E-state index is 7.07. The van der Waals surface area contributed by atoms with Crippen molar-refractivity contribution in [2.24, 2.45) is 0 Å². The van der Waals surface area contributed by atoms with Gasteiger partial charge in [-0.25, -0.2) is 0 Å². The van der Waals surface area contributed by atoms with Crippen molar-refractivity contribution in [3.8, 4) is 0 Å². The number of hydrogen-bond acceptors (Lipinski definition) is 2. The van der Waals surface area contributed by atoms with Gasteiger partial charge in [0.15, 0.2) is 0 Å². The number of anilines is 1. The first-order chi connectivity index (χ1) is 10.1. The molecule has 0 heterocycles. The van der Waals surface area contributed by atoms with Crippen LogP contribution in [0.5, 0.6) is 0 Å². The summed E-state index contributed by atoms with van der Waals surface area (Å²) in [5.74, 6) is 0. The van der Waals surface area contributed by atoms with Crippen LogP contribution in [-0.4, -0.2) is 13.5 Å². The number of unbranched alkanes of at least 4 members (excludes halogenated alkanes) is 6. The standard InChI is InChI=1S/C9H20.C7H7BN2.C2H6/c1-3-5-7-9-8-6-4-2;8-7(10)5-3-1-2-4-6(5)9;1-2/h3-9H2,1-2H3;1-4,10H,9H2;1-2H3. The average Bonchev–Trinajstić information content (AvgIpc) is 2.50. The number of nitrogens with one attached hydrogen (secondary N) is 1. The lowest BCUT2D eigenvalue weighted by Crippen LogP contribution is -2.01. The quantitative estimate of drug-likeness (QED) is 0.294. The van der Waals surface area contributed by atoms with Gasteiger partial charge in [-0.15, -0.1) is 0 Å². The molecule has 2 nitrogen and oxygen atoms in total. The lowest BCUT2D eigenvalue weighted by atomic mass is 9.93. The minimum absolute atomic E-state index is 0.0121. The average molecular weight is 288 g/mol. The van der Waals surface area contributed by atoms with Gasteiger partial charge in [-0.2, -0.15) is 0 Å². The Kier molecular flexibility index (Phi) is 17.6. The maximum absolute atomic E-state index is 7.07. The molecule has 118 valence electrons. The molecular weight excluding hydrogens is 255 g/mol. The van der Waals surface area contributed by atoms with Crippen molar-refractivity contribution in [3.05, 3.63) is 29.8 Å². The van der Waals surface area contributed by atoms with E-state index in [-0.39, 0.29) is 5.61 Å². The van der Waals surface area contributed by atoms with E-state index in [0.717, 1.165) is 0 Å². The molecule has 0 fully saturated rings. The van der Waals surface area contributed by atoms with E-state index in [4.69, 9.17) is 19.0 Å². The summed E-state index contributed by atoms with van der Waals surface area (Å²) in [7, 11) is 5.22. The molecule has 0 spiro atoms. The molecule has 0 saturated heterocycles. The Balaban J connectivity index is 0. The molecule has 0 aliphatic rings. The fourth-order valence-corrected chi connectivity index (χ4v) is 1.77. The van der Waals surface area contributed by atoms with Crippen LogP contribution < -0.4 is 5.73 Å². The fraction of sp³-hybridized carbons (Fsp3) is 0.611. The lowest BCUT2D eigenvalue weighted by Gasteiger charge is -2.00. The Bertz CT molecular complexity index is 345. The molecule has 3 N–H and O–H groups in total. The van der Waals surface area contributed by atoms with Crippen molar-refractivity contribution >= 4 is 19.1 Å². The molecule has 0 aliphatic carbocycles. The van der Waals surface area contributed by atoms with Crippen LogP contribution in [0.15, 0.2) is 24.3 Å². The van der Waals surface area contributed by atoms with Crippen LogP contribution in [0.4, 0.5) is 5.69 Å². The Labute approximate surface area is 133 Å². The zero-order valence-corrected chi connectivity index (χ0v) is 14.4. The van der Waals surface area contributed by atoms with Crippen LogP contribution in [0.3, 0.4) is 0 Å². The highest BCUT2D eigenvalue weighted by Crippen LogP contribution is 2.08. The highest BCUT2D eigenvalue weighted by atomic mass is 14.6. The largest absolute Gasteiger partial charge is 0.398 e. The minimum atomic E-state index is 0.0121. The van der Waals surface area contributed by atoms with Gasteiger partial charge in [0, 0.05) is 11.3 Å². The molecule has 0 bridgehead atoms. The van der Waals surface area contributed by atoms with E-state index in [2.05, 4.69) is 13.8 Å². The van der Waals surface area contributed by atoms with Crippen molar-refractivity contribution in [2.75, 3.05) is 5.73 Å². The van der Waals surface area contributed by atoms with Crippen molar-refractivity contribution in [2.45, 2.75) is 72.6 Å². The number of benzene rings is 1. The molecule has 0 saturated carbocycles. The van der Waals surface area contributed by atoms with Crippen LogP contribution in [0.2, 0.25) is 0 Å². The fourth-order valence-electron chi connectivity index (χ4n) is 1.77. The Morgan fingerprint density at radius 2 is 1.38 bits per heavy atom. The molecule has 1 rings (SSSR count). The van der Waals surface area contributed by atoms with E-state index in [1.54, 1.807) is 18.2 Å². The number of rotatable bonds is 7. The summed E-state index contributed by atoms with van der Waals surface area (Å²) in [6.45, 7) is 8.53. The van der Waals surface area contributed by atoms with Crippen LogP contribution >= 0.6 is 0 Å². The Hall–Kier alpha value is -1.25. The zero-order valence-electron chi connectivity index (χ0n) is 14.4. The van der Waals surface area contributed by atoms with Gasteiger partial charge >= 0.3 is 0 Å². The van der Waals surface area contributed by atoms with E-state index >= 15 is 0 Å². The van der Waals surface area contributed by atoms with Gasteiger partial charge in [-0.05, 0) is 11.7 Å². The summed E-state index contributed by atoms with van der Waals surface area (Å²) in [5.41, 5.74) is 6.66. The highest BCUT2D eigenvalue weighted by molar-refractivity contribution is 6.63. The second-order valence-corrected chi connectivity index (χ2v) is 4.77. The third-order valence-electron chi connectivity index (χ3n) is 2.96. The number of nitrogens with two attached hydrogens (primary N) is 1.